The number of carbonyl (C=O) groups is 1. The Balaban J connectivity index is 1.50. The average molecular weight is 319 g/mol. The summed E-state index contributed by atoms with van der Waals surface area (Å²) in [6.45, 7) is 0.388. The summed E-state index contributed by atoms with van der Waals surface area (Å²) in [5.74, 6) is 0.599. The van der Waals surface area contributed by atoms with Gasteiger partial charge in [-0.3, -0.25) is 4.79 Å². The topological polar surface area (TPSA) is 72.7 Å². The molecule has 24 heavy (non-hydrogen) atoms. The van der Waals surface area contributed by atoms with Gasteiger partial charge in [0.05, 0.1) is 0 Å². The molecule has 1 N–H and O–H groups in total. The number of amides is 1. The molecular formula is C18H17N5O. The van der Waals surface area contributed by atoms with Gasteiger partial charge in [0.15, 0.2) is 5.82 Å². The molecule has 0 saturated carbocycles. The lowest BCUT2D eigenvalue weighted by atomic mass is 10.1. The molecule has 1 aromatic carbocycles. The number of hydrogen-bond acceptors (Lipinski definition) is 4. The Kier molecular flexibility index (Phi) is 3.78. The molecule has 0 bridgehead atoms. The molecule has 1 amide bonds. The van der Waals surface area contributed by atoms with E-state index in [9.17, 15) is 4.79 Å². The van der Waals surface area contributed by atoms with Crippen molar-refractivity contribution in [3.8, 4) is 5.82 Å². The molecule has 0 aliphatic heterocycles. The SMILES string of the molecule is O=C(NCc1cccnc1-n1cncn1)c1ccc2c(c1)CCC2. The summed E-state index contributed by atoms with van der Waals surface area (Å²) in [5.41, 5.74) is 4.26. The Morgan fingerprint density at radius 2 is 2.12 bits per heavy atom. The predicted molar refractivity (Wildman–Crippen MR) is 88.8 cm³/mol. The Hall–Kier alpha value is -3.02. The van der Waals surface area contributed by atoms with Crippen LogP contribution < -0.4 is 5.32 Å². The Morgan fingerprint density at radius 3 is 3.00 bits per heavy atom. The first kappa shape index (κ1) is 14.6. The van der Waals surface area contributed by atoms with Gasteiger partial charge in [0, 0.05) is 23.9 Å². The monoisotopic (exact) mass is 319 g/mol. The third-order valence-corrected chi connectivity index (χ3v) is 4.30. The van der Waals surface area contributed by atoms with Crippen molar-refractivity contribution in [1.29, 1.82) is 0 Å². The lowest BCUT2D eigenvalue weighted by Gasteiger charge is -2.10. The molecule has 6 nitrogen and oxygen atoms in total. The van der Waals surface area contributed by atoms with Crippen molar-refractivity contribution in [1.82, 2.24) is 25.1 Å². The van der Waals surface area contributed by atoms with Crippen LogP contribution in [0.5, 0.6) is 0 Å². The molecule has 120 valence electrons. The summed E-state index contributed by atoms with van der Waals surface area (Å²) in [6, 6.07) is 9.76. The van der Waals surface area contributed by atoms with Crippen LogP contribution in [0, 0.1) is 0 Å². The average Bonchev–Trinajstić information content (AvgIpc) is 3.30. The molecule has 2 aromatic heterocycles. The third kappa shape index (κ3) is 2.78. The molecule has 0 spiro atoms. The summed E-state index contributed by atoms with van der Waals surface area (Å²) < 4.78 is 1.59. The van der Waals surface area contributed by atoms with Crippen LogP contribution in [0.25, 0.3) is 5.82 Å². The lowest BCUT2D eigenvalue weighted by molar-refractivity contribution is 0.0951. The first-order valence-electron chi connectivity index (χ1n) is 8.00. The van der Waals surface area contributed by atoms with Crippen LogP contribution in [0.1, 0.15) is 33.5 Å². The third-order valence-electron chi connectivity index (χ3n) is 4.30. The molecule has 6 heteroatoms. The molecule has 0 atom stereocenters. The van der Waals surface area contributed by atoms with Gasteiger partial charge in [-0.1, -0.05) is 12.1 Å². The van der Waals surface area contributed by atoms with Gasteiger partial charge in [-0.2, -0.15) is 5.10 Å². The van der Waals surface area contributed by atoms with E-state index in [0.717, 1.165) is 18.4 Å². The number of fused-ring (bicyclic) bond motifs is 1. The van der Waals surface area contributed by atoms with E-state index in [1.54, 1.807) is 17.2 Å². The molecule has 3 aromatic rings. The molecule has 0 fully saturated rings. The molecule has 2 heterocycles. The summed E-state index contributed by atoms with van der Waals surface area (Å²) in [7, 11) is 0. The van der Waals surface area contributed by atoms with Crippen LogP contribution in [0.15, 0.2) is 49.2 Å². The summed E-state index contributed by atoms with van der Waals surface area (Å²) in [4.78, 5) is 20.7. The van der Waals surface area contributed by atoms with Gasteiger partial charge in [-0.25, -0.2) is 14.6 Å². The van der Waals surface area contributed by atoms with E-state index >= 15 is 0 Å². The highest BCUT2D eigenvalue weighted by Gasteiger charge is 2.14. The van der Waals surface area contributed by atoms with E-state index in [1.807, 2.05) is 24.3 Å². The van der Waals surface area contributed by atoms with Gasteiger partial charge < -0.3 is 5.32 Å². The van der Waals surface area contributed by atoms with Crippen molar-refractivity contribution in [3.63, 3.8) is 0 Å². The summed E-state index contributed by atoms with van der Waals surface area (Å²) >= 11 is 0. The highest BCUT2D eigenvalue weighted by molar-refractivity contribution is 5.94. The van der Waals surface area contributed by atoms with Gasteiger partial charge in [-0.05, 0) is 48.6 Å². The predicted octanol–water partition coefficient (Wildman–Crippen LogP) is 2.08. The number of nitrogens with one attached hydrogen (secondary N) is 1. The van der Waals surface area contributed by atoms with Crippen molar-refractivity contribution >= 4 is 5.91 Å². The smallest absolute Gasteiger partial charge is 0.251 e. The maximum Gasteiger partial charge on any atom is 0.251 e. The number of rotatable bonds is 4. The van der Waals surface area contributed by atoms with Gasteiger partial charge in [0.25, 0.3) is 5.91 Å². The van der Waals surface area contributed by atoms with E-state index in [0.29, 0.717) is 17.9 Å². The fourth-order valence-corrected chi connectivity index (χ4v) is 3.08. The van der Waals surface area contributed by atoms with Crippen LogP contribution in [0.2, 0.25) is 0 Å². The van der Waals surface area contributed by atoms with E-state index in [1.165, 1.54) is 23.9 Å². The Labute approximate surface area is 139 Å². The first-order valence-corrected chi connectivity index (χ1v) is 8.00. The summed E-state index contributed by atoms with van der Waals surface area (Å²) in [6.07, 6.45) is 8.11. The molecular weight excluding hydrogens is 302 g/mol. The minimum Gasteiger partial charge on any atom is -0.348 e. The molecule has 0 unspecified atom stereocenters. The zero-order valence-electron chi connectivity index (χ0n) is 13.1. The van der Waals surface area contributed by atoms with Gasteiger partial charge in [0.1, 0.15) is 12.7 Å². The largest absolute Gasteiger partial charge is 0.348 e. The van der Waals surface area contributed by atoms with E-state index in [4.69, 9.17) is 0 Å². The molecule has 0 saturated heterocycles. The maximum atomic E-state index is 12.4. The van der Waals surface area contributed by atoms with Gasteiger partial charge >= 0.3 is 0 Å². The van der Waals surface area contributed by atoms with Crippen LogP contribution in [0.3, 0.4) is 0 Å². The standard InChI is InChI=1S/C18H17N5O/c24-18(15-7-6-13-3-1-4-14(13)9-15)21-10-16-5-2-8-20-17(16)23-12-19-11-22-23/h2,5-9,11-12H,1,3-4,10H2,(H,21,24). The number of benzene rings is 1. The number of nitrogens with zero attached hydrogens (tertiary/aromatic N) is 4. The van der Waals surface area contributed by atoms with Crippen molar-refractivity contribution in [2.45, 2.75) is 25.8 Å². The second kappa shape index (κ2) is 6.23. The number of hydrogen-bond donors (Lipinski definition) is 1. The molecule has 4 rings (SSSR count). The van der Waals surface area contributed by atoms with Crippen LogP contribution >= 0.6 is 0 Å². The maximum absolute atomic E-state index is 12.4. The van der Waals surface area contributed by atoms with Crippen molar-refractivity contribution in [3.05, 3.63) is 71.4 Å². The van der Waals surface area contributed by atoms with E-state index in [-0.39, 0.29) is 5.91 Å². The highest BCUT2D eigenvalue weighted by Crippen LogP contribution is 2.22. The molecule has 1 aliphatic rings. The highest BCUT2D eigenvalue weighted by atomic mass is 16.1. The zero-order chi connectivity index (χ0) is 16.4. The van der Waals surface area contributed by atoms with Crippen molar-refractivity contribution < 1.29 is 4.79 Å². The van der Waals surface area contributed by atoms with Crippen molar-refractivity contribution in [2.75, 3.05) is 0 Å². The van der Waals surface area contributed by atoms with Crippen LogP contribution in [-0.4, -0.2) is 25.7 Å². The van der Waals surface area contributed by atoms with Crippen LogP contribution in [0.4, 0.5) is 0 Å². The second-order valence-corrected chi connectivity index (χ2v) is 5.85. The van der Waals surface area contributed by atoms with Crippen molar-refractivity contribution in [2.24, 2.45) is 0 Å². The van der Waals surface area contributed by atoms with Crippen LogP contribution in [-0.2, 0) is 19.4 Å². The summed E-state index contributed by atoms with van der Waals surface area (Å²) in [5, 5.41) is 7.07. The Bertz CT molecular complexity index is 873. The van der Waals surface area contributed by atoms with Gasteiger partial charge in [0.2, 0.25) is 0 Å². The number of pyridine rings is 1. The minimum atomic E-state index is -0.0712. The van der Waals surface area contributed by atoms with E-state index < -0.39 is 0 Å². The first-order chi connectivity index (χ1) is 11.8. The number of carbonyl (C=O) groups excluding carboxylic acids is 1. The quantitative estimate of drug-likeness (QED) is 0.799. The Morgan fingerprint density at radius 1 is 1.21 bits per heavy atom. The lowest BCUT2D eigenvalue weighted by Crippen LogP contribution is -2.24. The molecule has 1 aliphatic carbocycles. The normalized spacial score (nSPS) is 12.8. The number of aromatic nitrogens is 4. The number of aryl methyl sites for hydroxylation is 2. The minimum absolute atomic E-state index is 0.0712. The zero-order valence-corrected chi connectivity index (χ0v) is 13.1. The fourth-order valence-electron chi connectivity index (χ4n) is 3.08. The molecule has 0 radical (unpaired) electrons. The van der Waals surface area contributed by atoms with E-state index in [2.05, 4.69) is 26.4 Å². The second-order valence-electron chi connectivity index (χ2n) is 5.85. The van der Waals surface area contributed by atoms with Gasteiger partial charge in [-0.15, -0.1) is 0 Å². The fraction of sp³-hybridized carbons (Fsp3) is 0.222.